The van der Waals surface area contributed by atoms with Crippen LogP contribution in [0.2, 0.25) is 0 Å². The molecule has 0 radical (unpaired) electrons. The summed E-state index contributed by atoms with van der Waals surface area (Å²) in [4.78, 5) is 44.9. The second kappa shape index (κ2) is 5.61. The molecule has 21 heavy (non-hydrogen) atoms. The van der Waals surface area contributed by atoms with E-state index in [1.807, 2.05) is 0 Å². The normalized spacial score (nSPS) is 17.1. The summed E-state index contributed by atoms with van der Waals surface area (Å²) in [7, 11) is 0. The van der Waals surface area contributed by atoms with Gasteiger partial charge in [-0.2, -0.15) is 0 Å². The molecule has 0 bridgehead atoms. The zero-order valence-corrected chi connectivity index (χ0v) is 10.8. The van der Waals surface area contributed by atoms with Crippen molar-refractivity contribution >= 4 is 29.4 Å². The van der Waals surface area contributed by atoms with Crippen LogP contribution in [0.3, 0.4) is 0 Å². The number of hydrogen-bond donors (Lipinski definition) is 4. The van der Waals surface area contributed by atoms with Crippen molar-refractivity contribution in [3.63, 3.8) is 0 Å². The van der Waals surface area contributed by atoms with E-state index in [1.165, 1.54) is 0 Å². The highest BCUT2D eigenvalue weighted by molar-refractivity contribution is 6.01. The van der Waals surface area contributed by atoms with Crippen LogP contribution in [0, 0.1) is 0 Å². The standard InChI is InChI=1S/C13H12N2O6/c16-10-2-1-9(15-10)11(17)14-8-4-6(12(18)19)3-7(5-8)13(20)21/h3-5,9H,1-2H2,(H,14,17)(H,15,16)(H,18,19)(H,20,21). The van der Waals surface area contributed by atoms with Gasteiger partial charge in [0.2, 0.25) is 11.8 Å². The number of carboxylic acids is 2. The molecule has 4 N–H and O–H groups in total. The molecular weight excluding hydrogens is 280 g/mol. The van der Waals surface area contributed by atoms with Crippen LogP contribution in [0.25, 0.3) is 0 Å². The van der Waals surface area contributed by atoms with Crippen LogP contribution in [0.5, 0.6) is 0 Å². The van der Waals surface area contributed by atoms with Gasteiger partial charge < -0.3 is 20.8 Å². The van der Waals surface area contributed by atoms with E-state index in [9.17, 15) is 19.2 Å². The lowest BCUT2D eigenvalue weighted by molar-refractivity contribution is -0.122. The Morgan fingerprint density at radius 1 is 1.10 bits per heavy atom. The van der Waals surface area contributed by atoms with Crippen molar-refractivity contribution in [1.82, 2.24) is 5.32 Å². The van der Waals surface area contributed by atoms with Crippen molar-refractivity contribution in [2.45, 2.75) is 18.9 Å². The summed E-state index contributed by atoms with van der Waals surface area (Å²) in [6.07, 6.45) is 0.586. The molecule has 1 aliphatic rings. The maximum atomic E-state index is 11.9. The fourth-order valence-corrected chi connectivity index (χ4v) is 1.99. The third-order valence-corrected chi connectivity index (χ3v) is 3.01. The molecule has 1 heterocycles. The number of anilines is 1. The number of nitrogens with one attached hydrogen (secondary N) is 2. The SMILES string of the molecule is O=C1CCC(C(=O)Nc2cc(C(=O)O)cc(C(=O)O)c2)N1. The molecule has 1 fully saturated rings. The lowest BCUT2D eigenvalue weighted by Crippen LogP contribution is -2.37. The number of rotatable bonds is 4. The van der Waals surface area contributed by atoms with E-state index >= 15 is 0 Å². The van der Waals surface area contributed by atoms with Gasteiger partial charge in [-0.3, -0.25) is 9.59 Å². The summed E-state index contributed by atoms with van der Waals surface area (Å²) in [5, 5.41) is 22.7. The van der Waals surface area contributed by atoms with Crippen LogP contribution in [-0.4, -0.2) is 40.0 Å². The average Bonchev–Trinajstić information content (AvgIpc) is 2.85. The van der Waals surface area contributed by atoms with Gasteiger partial charge in [-0.05, 0) is 24.6 Å². The van der Waals surface area contributed by atoms with Gasteiger partial charge >= 0.3 is 11.9 Å². The number of carbonyl (C=O) groups excluding carboxylic acids is 2. The van der Waals surface area contributed by atoms with Crippen molar-refractivity contribution in [3.05, 3.63) is 29.3 Å². The monoisotopic (exact) mass is 292 g/mol. The number of carbonyl (C=O) groups is 4. The first-order valence-electron chi connectivity index (χ1n) is 6.08. The molecule has 8 nitrogen and oxygen atoms in total. The van der Waals surface area contributed by atoms with Crippen LogP contribution in [0.15, 0.2) is 18.2 Å². The molecule has 0 saturated carbocycles. The minimum atomic E-state index is -1.30. The molecule has 1 aromatic rings. The highest BCUT2D eigenvalue weighted by Gasteiger charge is 2.27. The topological polar surface area (TPSA) is 133 Å². The molecule has 110 valence electrons. The van der Waals surface area contributed by atoms with Gasteiger partial charge in [0, 0.05) is 12.1 Å². The Morgan fingerprint density at radius 3 is 2.10 bits per heavy atom. The number of amides is 2. The summed E-state index contributed by atoms with van der Waals surface area (Å²) in [6.45, 7) is 0. The molecule has 1 unspecified atom stereocenters. The van der Waals surface area contributed by atoms with E-state index < -0.39 is 23.9 Å². The van der Waals surface area contributed by atoms with Gasteiger partial charge in [-0.1, -0.05) is 0 Å². The van der Waals surface area contributed by atoms with Crippen LogP contribution in [0.1, 0.15) is 33.6 Å². The van der Waals surface area contributed by atoms with E-state index in [2.05, 4.69) is 10.6 Å². The van der Waals surface area contributed by atoms with E-state index in [0.717, 1.165) is 18.2 Å². The molecule has 0 aliphatic carbocycles. The van der Waals surface area contributed by atoms with Crippen molar-refractivity contribution in [3.8, 4) is 0 Å². The number of benzene rings is 1. The van der Waals surface area contributed by atoms with Gasteiger partial charge in [0.1, 0.15) is 6.04 Å². The summed E-state index contributed by atoms with van der Waals surface area (Å²) in [5.41, 5.74) is -0.445. The zero-order valence-electron chi connectivity index (χ0n) is 10.8. The maximum absolute atomic E-state index is 11.9. The minimum absolute atomic E-state index is 0.0541. The van der Waals surface area contributed by atoms with Crippen molar-refractivity contribution < 1.29 is 29.4 Å². The molecule has 1 aromatic carbocycles. The smallest absolute Gasteiger partial charge is 0.335 e. The average molecular weight is 292 g/mol. The predicted molar refractivity (Wildman–Crippen MR) is 70.2 cm³/mol. The molecule has 1 saturated heterocycles. The largest absolute Gasteiger partial charge is 0.478 e. The van der Waals surface area contributed by atoms with Gasteiger partial charge in [0.25, 0.3) is 0 Å². The molecule has 2 rings (SSSR count). The fraction of sp³-hybridized carbons (Fsp3) is 0.231. The molecule has 0 aromatic heterocycles. The highest BCUT2D eigenvalue weighted by Crippen LogP contribution is 2.17. The fourth-order valence-electron chi connectivity index (χ4n) is 1.99. The minimum Gasteiger partial charge on any atom is -0.478 e. The van der Waals surface area contributed by atoms with Crippen LogP contribution >= 0.6 is 0 Å². The van der Waals surface area contributed by atoms with Gasteiger partial charge in [-0.25, -0.2) is 9.59 Å². The van der Waals surface area contributed by atoms with Crippen molar-refractivity contribution in [1.29, 1.82) is 0 Å². The summed E-state index contributed by atoms with van der Waals surface area (Å²) >= 11 is 0. The zero-order chi connectivity index (χ0) is 15.6. The summed E-state index contributed by atoms with van der Waals surface area (Å²) in [6, 6.07) is 2.61. The maximum Gasteiger partial charge on any atom is 0.335 e. The second-order valence-electron chi connectivity index (χ2n) is 4.56. The molecule has 0 spiro atoms. The molecule has 1 atom stereocenters. The van der Waals surface area contributed by atoms with Crippen LogP contribution in [-0.2, 0) is 9.59 Å². The Balaban J connectivity index is 2.22. The number of carboxylic acid groups (broad SMARTS) is 2. The molecule has 8 heteroatoms. The Labute approximate surface area is 118 Å². The summed E-state index contributed by atoms with van der Waals surface area (Å²) < 4.78 is 0. The van der Waals surface area contributed by atoms with E-state index in [4.69, 9.17) is 10.2 Å². The van der Waals surface area contributed by atoms with E-state index in [1.54, 1.807) is 0 Å². The molecule has 1 aliphatic heterocycles. The van der Waals surface area contributed by atoms with Crippen LogP contribution < -0.4 is 10.6 Å². The van der Waals surface area contributed by atoms with Crippen LogP contribution in [0.4, 0.5) is 5.69 Å². The molecule has 2 amide bonds. The quantitative estimate of drug-likeness (QED) is 0.631. The summed E-state index contributed by atoms with van der Waals surface area (Å²) in [5.74, 6) is -3.36. The predicted octanol–water partition coefficient (Wildman–Crippen LogP) is 0.300. The second-order valence-corrected chi connectivity index (χ2v) is 4.56. The third kappa shape index (κ3) is 3.35. The van der Waals surface area contributed by atoms with Gasteiger partial charge in [0.05, 0.1) is 11.1 Å². The highest BCUT2D eigenvalue weighted by atomic mass is 16.4. The van der Waals surface area contributed by atoms with E-state index in [0.29, 0.717) is 6.42 Å². The third-order valence-electron chi connectivity index (χ3n) is 3.01. The van der Waals surface area contributed by atoms with Gasteiger partial charge in [-0.15, -0.1) is 0 Å². The Bertz CT molecular complexity index is 607. The number of hydrogen-bond acceptors (Lipinski definition) is 4. The Morgan fingerprint density at radius 2 is 1.67 bits per heavy atom. The Hall–Kier alpha value is -2.90. The number of aromatic carboxylic acids is 2. The lowest BCUT2D eigenvalue weighted by atomic mass is 10.1. The van der Waals surface area contributed by atoms with Crippen molar-refractivity contribution in [2.24, 2.45) is 0 Å². The first-order chi connectivity index (χ1) is 9.86. The van der Waals surface area contributed by atoms with Gasteiger partial charge in [0.15, 0.2) is 0 Å². The molecular formula is C13H12N2O6. The van der Waals surface area contributed by atoms with E-state index in [-0.39, 0.29) is 29.1 Å². The lowest BCUT2D eigenvalue weighted by Gasteiger charge is -2.12. The Kier molecular flexibility index (Phi) is 3.88. The van der Waals surface area contributed by atoms with Crippen molar-refractivity contribution in [2.75, 3.05) is 5.32 Å². The first kappa shape index (κ1) is 14.5. The first-order valence-corrected chi connectivity index (χ1v) is 6.08.